The molecular formula is C17H15ClF3N5O. The van der Waals surface area contributed by atoms with Crippen molar-refractivity contribution in [2.45, 2.75) is 19.6 Å². The standard InChI is InChI=1S/C17H15ClF3N5O/c1-10-7-15(24-26(10)9-11-3-5-12(18)6-4-11)22-16(27)13-8-14(17(19,20)21)25(2)23-13/h3-8H,9H2,1-2H3,(H,22,24,27). The van der Waals surface area contributed by atoms with Crippen LogP contribution in [0.3, 0.4) is 0 Å². The van der Waals surface area contributed by atoms with Gasteiger partial charge in [0.2, 0.25) is 0 Å². The Hall–Kier alpha value is -2.81. The Morgan fingerprint density at radius 1 is 1.19 bits per heavy atom. The van der Waals surface area contributed by atoms with Gasteiger partial charge in [0.1, 0.15) is 5.69 Å². The first kappa shape index (κ1) is 19.0. The Labute approximate surface area is 157 Å². The molecule has 0 radical (unpaired) electrons. The van der Waals surface area contributed by atoms with Crippen LogP contribution in [0.25, 0.3) is 0 Å². The fraction of sp³-hybridized carbons (Fsp3) is 0.235. The quantitative estimate of drug-likeness (QED) is 0.726. The van der Waals surface area contributed by atoms with Crippen molar-refractivity contribution in [2.24, 2.45) is 7.05 Å². The Morgan fingerprint density at radius 2 is 1.85 bits per heavy atom. The number of hydrogen-bond acceptors (Lipinski definition) is 3. The highest BCUT2D eigenvalue weighted by Gasteiger charge is 2.35. The van der Waals surface area contributed by atoms with Crippen molar-refractivity contribution in [2.75, 3.05) is 5.32 Å². The van der Waals surface area contributed by atoms with E-state index in [-0.39, 0.29) is 11.5 Å². The van der Waals surface area contributed by atoms with Gasteiger partial charge in [-0.3, -0.25) is 14.2 Å². The van der Waals surface area contributed by atoms with E-state index in [0.29, 0.717) is 22.3 Å². The Balaban J connectivity index is 1.75. The van der Waals surface area contributed by atoms with Crippen LogP contribution >= 0.6 is 11.6 Å². The normalized spacial score (nSPS) is 11.6. The molecule has 1 aromatic carbocycles. The highest BCUT2D eigenvalue weighted by atomic mass is 35.5. The molecule has 0 spiro atoms. The number of nitrogens with zero attached hydrogens (tertiary/aromatic N) is 4. The zero-order valence-electron chi connectivity index (χ0n) is 14.4. The summed E-state index contributed by atoms with van der Waals surface area (Å²) in [7, 11) is 1.13. The molecule has 0 bridgehead atoms. The number of carbonyl (C=O) groups excluding carboxylic acids is 1. The van der Waals surface area contributed by atoms with Crippen LogP contribution in [0.4, 0.5) is 19.0 Å². The Kier molecular flexibility index (Phi) is 4.97. The number of alkyl halides is 3. The number of anilines is 1. The van der Waals surface area contributed by atoms with E-state index in [0.717, 1.165) is 18.3 Å². The first-order valence-electron chi connectivity index (χ1n) is 7.85. The number of aromatic nitrogens is 4. The number of nitrogens with one attached hydrogen (secondary N) is 1. The van der Waals surface area contributed by atoms with E-state index in [4.69, 9.17) is 11.6 Å². The average molecular weight is 398 g/mol. The summed E-state index contributed by atoms with van der Waals surface area (Å²) >= 11 is 5.86. The van der Waals surface area contributed by atoms with Crippen LogP contribution in [0, 0.1) is 6.92 Å². The molecule has 0 fully saturated rings. The van der Waals surface area contributed by atoms with E-state index in [1.807, 2.05) is 12.1 Å². The zero-order valence-corrected chi connectivity index (χ0v) is 15.1. The topological polar surface area (TPSA) is 64.7 Å². The van der Waals surface area contributed by atoms with Gasteiger partial charge >= 0.3 is 6.18 Å². The predicted molar refractivity (Wildman–Crippen MR) is 93.7 cm³/mol. The number of hydrogen-bond donors (Lipinski definition) is 1. The molecule has 2 aromatic heterocycles. The summed E-state index contributed by atoms with van der Waals surface area (Å²) in [6, 6.07) is 9.56. The van der Waals surface area contributed by atoms with E-state index >= 15 is 0 Å². The summed E-state index contributed by atoms with van der Waals surface area (Å²) in [5.74, 6) is -0.539. The number of benzene rings is 1. The van der Waals surface area contributed by atoms with Gasteiger partial charge in [-0.25, -0.2) is 0 Å². The van der Waals surface area contributed by atoms with Gasteiger partial charge in [-0.15, -0.1) is 0 Å². The summed E-state index contributed by atoms with van der Waals surface area (Å²) in [5.41, 5.74) is 0.395. The SMILES string of the molecule is Cc1cc(NC(=O)c2cc(C(F)(F)F)n(C)n2)nn1Cc1ccc(Cl)cc1. The van der Waals surface area contributed by atoms with Crippen molar-refractivity contribution in [3.05, 3.63) is 64.1 Å². The summed E-state index contributed by atoms with van der Waals surface area (Å²) in [6.45, 7) is 2.27. The lowest BCUT2D eigenvalue weighted by Crippen LogP contribution is -2.14. The monoisotopic (exact) mass is 397 g/mol. The van der Waals surface area contributed by atoms with E-state index in [1.54, 1.807) is 29.8 Å². The molecule has 0 unspecified atom stereocenters. The number of carbonyl (C=O) groups is 1. The molecule has 0 saturated heterocycles. The minimum absolute atomic E-state index is 0.227. The fourth-order valence-corrected chi connectivity index (χ4v) is 2.64. The molecule has 27 heavy (non-hydrogen) atoms. The van der Waals surface area contributed by atoms with E-state index in [9.17, 15) is 18.0 Å². The van der Waals surface area contributed by atoms with E-state index < -0.39 is 17.8 Å². The highest BCUT2D eigenvalue weighted by Crippen LogP contribution is 2.29. The van der Waals surface area contributed by atoms with Crippen molar-refractivity contribution in [1.29, 1.82) is 0 Å². The van der Waals surface area contributed by atoms with Crippen molar-refractivity contribution in [1.82, 2.24) is 19.6 Å². The van der Waals surface area contributed by atoms with Crippen molar-refractivity contribution < 1.29 is 18.0 Å². The average Bonchev–Trinajstić information content (AvgIpc) is 3.12. The van der Waals surface area contributed by atoms with Gasteiger partial charge in [-0.05, 0) is 24.6 Å². The van der Waals surface area contributed by atoms with Gasteiger partial charge in [-0.1, -0.05) is 23.7 Å². The molecule has 142 valence electrons. The van der Waals surface area contributed by atoms with Crippen LogP contribution in [0.2, 0.25) is 5.02 Å². The third kappa shape index (κ3) is 4.30. The largest absolute Gasteiger partial charge is 0.433 e. The molecule has 2 heterocycles. The minimum atomic E-state index is -4.59. The van der Waals surface area contributed by atoms with Gasteiger partial charge in [0.15, 0.2) is 11.5 Å². The second-order valence-corrected chi connectivity index (χ2v) is 6.38. The fourth-order valence-electron chi connectivity index (χ4n) is 2.52. The molecule has 1 amide bonds. The van der Waals surface area contributed by atoms with Crippen LogP contribution < -0.4 is 5.32 Å². The van der Waals surface area contributed by atoms with Crippen molar-refractivity contribution >= 4 is 23.3 Å². The molecule has 3 rings (SSSR count). The molecule has 0 saturated carbocycles. The number of aryl methyl sites for hydroxylation is 2. The maximum absolute atomic E-state index is 12.8. The van der Waals surface area contributed by atoms with Crippen LogP contribution in [-0.2, 0) is 19.8 Å². The zero-order chi connectivity index (χ0) is 19.8. The van der Waals surface area contributed by atoms with Gasteiger partial charge < -0.3 is 5.32 Å². The minimum Gasteiger partial charge on any atom is -0.304 e. The van der Waals surface area contributed by atoms with Crippen molar-refractivity contribution in [3.63, 3.8) is 0 Å². The van der Waals surface area contributed by atoms with Crippen molar-refractivity contribution in [3.8, 4) is 0 Å². The second kappa shape index (κ2) is 7.07. The second-order valence-electron chi connectivity index (χ2n) is 5.95. The first-order valence-corrected chi connectivity index (χ1v) is 8.23. The van der Waals surface area contributed by atoms with Crippen LogP contribution in [0.15, 0.2) is 36.4 Å². The van der Waals surface area contributed by atoms with Gasteiger partial charge in [0.05, 0.1) is 6.54 Å². The lowest BCUT2D eigenvalue weighted by molar-refractivity contribution is -0.143. The molecule has 0 atom stereocenters. The number of rotatable bonds is 4. The van der Waals surface area contributed by atoms with Gasteiger partial charge in [0, 0.05) is 29.9 Å². The molecule has 1 N–H and O–H groups in total. The van der Waals surface area contributed by atoms with E-state index in [2.05, 4.69) is 15.5 Å². The molecule has 0 aliphatic carbocycles. The van der Waals surface area contributed by atoms with E-state index in [1.165, 1.54) is 0 Å². The van der Waals surface area contributed by atoms with Crippen LogP contribution in [0.5, 0.6) is 0 Å². The van der Waals surface area contributed by atoms with Crippen LogP contribution in [0.1, 0.15) is 27.4 Å². The summed E-state index contributed by atoms with van der Waals surface area (Å²) in [4.78, 5) is 12.2. The predicted octanol–water partition coefficient (Wildman–Crippen LogP) is 3.90. The maximum atomic E-state index is 12.8. The molecule has 3 aromatic rings. The lowest BCUT2D eigenvalue weighted by Gasteiger charge is -2.04. The molecule has 0 aliphatic heterocycles. The summed E-state index contributed by atoms with van der Waals surface area (Å²) in [6.07, 6.45) is -4.59. The number of amides is 1. The van der Waals surface area contributed by atoms with Gasteiger partial charge in [0.25, 0.3) is 5.91 Å². The maximum Gasteiger partial charge on any atom is 0.433 e. The third-order valence-electron chi connectivity index (χ3n) is 3.87. The smallest absolute Gasteiger partial charge is 0.304 e. The highest BCUT2D eigenvalue weighted by molar-refractivity contribution is 6.30. The molecule has 6 nitrogen and oxygen atoms in total. The molecule has 0 aliphatic rings. The Bertz CT molecular complexity index is 976. The molecule has 10 heteroatoms. The molecular weight excluding hydrogens is 383 g/mol. The first-order chi connectivity index (χ1) is 12.6. The van der Waals surface area contributed by atoms with Crippen LogP contribution in [-0.4, -0.2) is 25.5 Å². The van der Waals surface area contributed by atoms with Gasteiger partial charge in [-0.2, -0.15) is 23.4 Å². The number of halogens is 4. The summed E-state index contributed by atoms with van der Waals surface area (Å²) in [5, 5.41) is 11.0. The Morgan fingerprint density at radius 3 is 2.44 bits per heavy atom. The summed E-state index contributed by atoms with van der Waals surface area (Å²) < 4.78 is 40.8. The lowest BCUT2D eigenvalue weighted by atomic mass is 10.2. The third-order valence-corrected chi connectivity index (χ3v) is 4.12.